The van der Waals surface area contributed by atoms with Gasteiger partial charge >= 0.3 is 0 Å². The summed E-state index contributed by atoms with van der Waals surface area (Å²) in [5, 5.41) is 2.74. The van der Waals surface area contributed by atoms with Crippen LogP contribution in [-0.2, 0) is 0 Å². The number of anilines is 2. The Kier molecular flexibility index (Phi) is 4.61. The Morgan fingerprint density at radius 2 is 1.84 bits per heavy atom. The van der Waals surface area contributed by atoms with Gasteiger partial charge in [-0.15, -0.1) is 0 Å². The first kappa shape index (κ1) is 16.4. The Morgan fingerprint density at radius 1 is 1.08 bits per heavy atom. The van der Waals surface area contributed by atoms with E-state index in [-0.39, 0.29) is 17.5 Å². The molecule has 0 atom stereocenters. The predicted molar refractivity (Wildman–Crippen MR) is 94.3 cm³/mol. The van der Waals surface area contributed by atoms with Crippen LogP contribution in [0.1, 0.15) is 16.1 Å². The first-order valence-electron chi connectivity index (χ1n) is 7.59. The number of aryl methyl sites for hydroxylation is 1. The van der Waals surface area contributed by atoms with Crippen molar-refractivity contribution in [1.82, 2.24) is 4.98 Å². The SMILES string of the molecule is Cc1ccc(C(=O)Nc2ccc(Oc3cccc(F)c3)cc2)c(N)n1. The molecule has 3 aromatic rings. The molecular weight excluding hydrogens is 321 g/mol. The zero-order valence-electron chi connectivity index (χ0n) is 13.5. The van der Waals surface area contributed by atoms with E-state index in [4.69, 9.17) is 10.5 Å². The molecule has 0 aliphatic rings. The van der Waals surface area contributed by atoms with Crippen LogP contribution >= 0.6 is 0 Å². The van der Waals surface area contributed by atoms with Crippen molar-refractivity contribution in [2.75, 3.05) is 11.1 Å². The number of aromatic nitrogens is 1. The summed E-state index contributed by atoms with van der Waals surface area (Å²) in [5.74, 6) is 0.397. The highest BCUT2D eigenvalue weighted by atomic mass is 19.1. The summed E-state index contributed by atoms with van der Waals surface area (Å²) in [6, 6.07) is 15.9. The summed E-state index contributed by atoms with van der Waals surface area (Å²) in [7, 11) is 0. The second-order valence-electron chi connectivity index (χ2n) is 5.42. The average Bonchev–Trinajstić information content (AvgIpc) is 2.56. The van der Waals surface area contributed by atoms with Crippen molar-refractivity contribution in [3.8, 4) is 11.5 Å². The summed E-state index contributed by atoms with van der Waals surface area (Å²) >= 11 is 0. The molecule has 0 spiro atoms. The highest BCUT2D eigenvalue weighted by molar-refractivity contribution is 6.07. The first-order valence-corrected chi connectivity index (χ1v) is 7.59. The lowest BCUT2D eigenvalue weighted by atomic mass is 10.2. The van der Waals surface area contributed by atoms with E-state index in [2.05, 4.69) is 10.3 Å². The Balaban J connectivity index is 1.69. The first-order chi connectivity index (χ1) is 12.0. The van der Waals surface area contributed by atoms with Crippen LogP contribution in [0.4, 0.5) is 15.9 Å². The number of carbonyl (C=O) groups is 1. The van der Waals surface area contributed by atoms with Gasteiger partial charge in [-0.25, -0.2) is 9.37 Å². The maximum Gasteiger partial charge on any atom is 0.259 e. The van der Waals surface area contributed by atoms with E-state index in [1.165, 1.54) is 12.1 Å². The average molecular weight is 337 g/mol. The molecule has 2 aromatic carbocycles. The number of nitrogens with one attached hydrogen (secondary N) is 1. The number of benzene rings is 2. The van der Waals surface area contributed by atoms with Gasteiger partial charge in [0.1, 0.15) is 23.1 Å². The van der Waals surface area contributed by atoms with Crippen molar-refractivity contribution in [2.45, 2.75) is 6.92 Å². The number of carbonyl (C=O) groups excluding carboxylic acids is 1. The van der Waals surface area contributed by atoms with E-state index in [0.29, 0.717) is 22.7 Å². The predicted octanol–water partition coefficient (Wildman–Crippen LogP) is 4.16. The molecular formula is C19H16FN3O2. The molecule has 0 aliphatic heterocycles. The fourth-order valence-corrected chi connectivity index (χ4v) is 2.24. The van der Waals surface area contributed by atoms with Gasteiger partial charge in [0.15, 0.2) is 0 Å². The number of rotatable bonds is 4. The lowest BCUT2D eigenvalue weighted by Crippen LogP contribution is -2.15. The van der Waals surface area contributed by atoms with Crippen molar-refractivity contribution in [3.05, 3.63) is 77.7 Å². The molecule has 0 aliphatic carbocycles. The number of hydrogen-bond donors (Lipinski definition) is 2. The maximum absolute atomic E-state index is 13.2. The minimum atomic E-state index is -0.370. The Hall–Kier alpha value is -3.41. The van der Waals surface area contributed by atoms with E-state index in [0.717, 1.165) is 5.69 Å². The third-order valence-corrected chi connectivity index (χ3v) is 3.45. The molecule has 6 heteroatoms. The van der Waals surface area contributed by atoms with E-state index < -0.39 is 0 Å². The molecule has 0 saturated carbocycles. The Labute approximate surface area is 144 Å². The van der Waals surface area contributed by atoms with Crippen LogP contribution in [0.15, 0.2) is 60.7 Å². The largest absolute Gasteiger partial charge is 0.457 e. The van der Waals surface area contributed by atoms with Crippen molar-refractivity contribution in [2.24, 2.45) is 0 Å². The molecule has 0 unspecified atom stereocenters. The smallest absolute Gasteiger partial charge is 0.259 e. The molecule has 5 nitrogen and oxygen atoms in total. The zero-order chi connectivity index (χ0) is 17.8. The van der Waals surface area contributed by atoms with Crippen molar-refractivity contribution >= 4 is 17.4 Å². The summed E-state index contributed by atoms with van der Waals surface area (Å²) < 4.78 is 18.7. The molecule has 3 rings (SSSR count). The molecule has 0 bridgehead atoms. The normalized spacial score (nSPS) is 10.3. The van der Waals surface area contributed by atoms with Crippen molar-refractivity contribution in [1.29, 1.82) is 0 Å². The topological polar surface area (TPSA) is 77.2 Å². The summed E-state index contributed by atoms with van der Waals surface area (Å²) in [6.45, 7) is 1.80. The van der Waals surface area contributed by atoms with Gasteiger partial charge in [0.2, 0.25) is 0 Å². The molecule has 1 amide bonds. The van der Waals surface area contributed by atoms with Gasteiger partial charge in [-0.05, 0) is 55.5 Å². The van der Waals surface area contributed by atoms with Gasteiger partial charge in [0.25, 0.3) is 5.91 Å². The lowest BCUT2D eigenvalue weighted by Gasteiger charge is -2.09. The van der Waals surface area contributed by atoms with Crippen LogP contribution in [0, 0.1) is 12.7 Å². The van der Waals surface area contributed by atoms with Gasteiger partial charge < -0.3 is 15.8 Å². The second-order valence-corrected chi connectivity index (χ2v) is 5.42. The summed E-state index contributed by atoms with van der Waals surface area (Å²) in [4.78, 5) is 16.3. The monoisotopic (exact) mass is 337 g/mol. The number of pyridine rings is 1. The quantitative estimate of drug-likeness (QED) is 0.749. The summed E-state index contributed by atoms with van der Waals surface area (Å²) in [6.07, 6.45) is 0. The molecule has 126 valence electrons. The summed E-state index contributed by atoms with van der Waals surface area (Å²) in [5.41, 5.74) is 7.41. The molecule has 1 heterocycles. The van der Waals surface area contributed by atoms with Crippen LogP contribution < -0.4 is 15.8 Å². The molecule has 0 saturated heterocycles. The van der Waals surface area contributed by atoms with Crippen LogP contribution in [0.2, 0.25) is 0 Å². The van der Waals surface area contributed by atoms with Gasteiger partial charge in [-0.1, -0.05) is 6.07 Å². The highest BCUT2D eigenvalue weighted by Crippen LogP contribution is 2.24. The van der Waals surface area contributed by atoms with E-state index in [1.807, 2.05) is 0 Å². The van der Waals surface area contributed by atoms with E-state index >= 15 is 0 Å². The van der Waals surface area contributed by atoms with Gasteiger partial charge in [-0.3, -0.25) is 4.79 Å². The fourth-order valence-electron chi connectivity index (χ4n) is 2.24. The molecule has 3 N–H and O–H groups in total. The number of ether oxygens (including phenoxy) is 1. The fraction of sp³-hybridized carbons (Fsp3) is 0.0526. The van der Waals surface area contributed by atoms with Crippen molar-refractivity contribution < 1.29 is 13.9 Å². The minimum Gasteiger partial charge on any atom is -0.457 e. The molecule has 0 fully saturated rings. The number of amides is 1. The van der Waals surface area contributed by atoms with Crippen LogP contribution in [-0.4, -0.2) is 10.9 Å². The minimum absolute atomic E-state index is 0.184. The lowest BCUT2D eigenvalue weighted by molar-refractivity contribution is 0.102. The van der Waals surface area contributed by atoms with Crippen LogP contribution in [0.3, 0.4) is 0 Å². The van der Waals surface area contributed by atoms with Gasteiger partial charge in [0.05, 0.1) is 5.56 Å². The van der Waals surface area contributed by atoms with Crippen LogP contribution in [0.25, 0.3) is 0 Å². The number of nitrogen functional groups attached to an aromatic ring is 1. The number of nitrogens with zero attached hydrogens (tertiary/aromatic N) is 1. The number of nitrogens with two attached hydrogens (primary N) is 1. The van der Waals surface area contributed by atoms with Gasteiger partial charge in [0, 0.05) is 17.4 Å². The third-order valence-electron chi connectivity index (χ3n) is 3.45. The van der Waals surface area contributed by atoms with Gasteiger partial charge in [-0.2, -0.15) is 0 Å². The maximum atomic E-state index is 13.2. The van der Waals surface area contributed by atoms with Crippen molar-refractivity contribution in [3.63, 3.8) is 0 Å². The second kappa shape index (κ2) is 7.00. The molecule has 0 radical (unpaired) electrons. The zero-order valence-corrected chi connectivity index (χ0v) is 13.5. The van der Waals surface area contributed by atoms with E-state index in [1.54, 1.807) is 55.5 Å². The number of halogens is 1. The molecule has 1 aromatic heterocycles. The Morgan fingerprint density at radius 3 is 2.52 bits per heavy atom. The van der Waals surface area contributed by atoms with Crippen LogP contribution in [0.5, 0.6) is 11.5 Å². The number of hydrogen-bond acceptors (Lipinski definition) is 4. The van der Waals surface area contributed by atoms with E-state index in [9.17, 15) is 9.18 Å². The Bertz CT molecular complexity index is 911. The highest BCUT2D eigenvalue weighted by Gasteiger charge is 2.11. The standard InChI is InChI=1S/C19H16FN3O2/c1-12-5-10-17(18(21)22-12)19(24)23-14-6-8-15(9-7-14)25-16-4-2-3-13(20)11-16/h2-11H,1H3,(H2,21,22)(H,23,24). The third kappa shape index (κ3) is 4.11. The molecule has 25 heavy (non-hydrogen) atoms.